The van der Waals surface area contributed by atoms with Crippen LogP contribution in [0.1, 0.15) is 17.5 Å². The molecule has 1 aliphatic rings. The average Bonchev–Trinajstić information content (AvgIpc) is 2.90. The Morgan fingerprint density at radius 1 is 1.33 bits per heavy atom. The van der Waals surface area contributed by atoms with E-state index < -0.39 is 5.97 Å². The van der Waals surface area contributed by atoms with Crippen LogP contribution in [0.15, 0.2) is 24.3 Å². The van der Waals surface area contributed by atoms with Crippen molar-refractivity contribution in [3.63, 3.8) is 0 Å². The van der Waals surface area contributed by atoms with Gasteiger partial charge in [0.15, 0.2) is 0 Å². The minimum Gasteiger partial charge on any atom is -0.481 e. The molecule has 1 atom stereocenters. The van der Waals surface area contributed by atoms with Crippen LogP contribution in [0.4, 0.5) is 0 Å². The molecule has 0 bridgehead atoms. The zero-order valence-corrected chi connectivity index (χ0v) is 12.6. The van der Waals surface area contributed by atoms with Crippen molar-refractivity contribution >= 4 is 11.9 Å². The van der Waals surface area contributed by atoms with Crippen LogP contribution in [-0.2, 0) is 16.1 Å². The molecule has 5 nitrogen and oxygen atoms in total. The van der Waals surface area contributed by atoms with Gasteiger partial charge in [-0.1, -0.05) is 29.8 Å². The maximum atomic E-state index is 12.2. The number of amides is 1. The first-order valence-electron chi connectivity index (χ1n) is 7.20. The van der Waals surface area contributed by atoms with Gasteiger partial charge in [-0.15, -0.1) is 0 Å². The summed E-state index contributed by atoms with van der Waals surface area (Å²) in [5.41, 5.74) is 2.30. The van der Waals surface area contributed by atoms with Gasteiger partial charge in [0.1, 0.15) is 0 Å². The highest BCUT2D eigenvalue weighted by Crippen LogP contribution is 2.16. The monoisotopic (exact) mass is 290 g/mol. The molecule has 1 aliphatic heterocycles. The Kier molecular flexibility index (Phi) is 4.96. The van der Waals surface area contributed by atoms with E-state index in [-0.39, 0.29) is 11.8 Å². The molecule has 1 aromatic carbocycles. The molecular weight excluding hydrogens is 268 g/mol. The summed E-state index contributed by atoms with van der Waals surface area (Å²) in [5, 5.41) is 8.97. The summed E-state index contributed by atoms with van der Waals surface area (Å²) in [6, 6.07) is 8.11. The Hall–Kier alpha value is -1.88. The predicted octanol–water partition coefficient (Wildman–Crippen LogP) is 1.36. The van der Waals surface area contributed by atoms with Crippen LogP contribution in [-0.4, -0.2) is 53.5 Å². The van der Waals surface area contributed by atoms with Crippen molar-refractivity contribution < 1.29 is 14.7 Å². The fraction of sp³-hybridized carbons (Fsp3) is 0.500. The minimum atomic E-state index is -0.766. The predicted molar refractivity (Wildman–Crippen MR) is 79.8 cm³/mol. The van der Waals surface area contributed by atoms with Crippen LogP contribution >= 0.6 is 0 Å². The highest BCUT2D eigenvalue weighted by molar-refractivity contribution is 5.78. The SMILES string of the molecule is Cc1ccc(CN(C)C(=O)CN2CCC(C(=O)O)C2)cc1. The second kappa shape index (κ2) is 6.72. The van der Waals surface area contributed by atoms with Crippen LogP contribution in [0.2, 0.25) is 0 Å². The molecule has 1 N–H and O–H groups in total. The molecule has 1 saturated heterocycles. The summed E-state index contributed by atoms with van der Waals surface area (Å²) >= 11 is 0. The molecule has 114 valence electrons. The number of aryl methyl sites for hydroxylation is 1. The molecule has 5 heteroatoms. The molecule has 1 fully saturated rings. The fourth-order valence-electron chi connectivity index (χ4n) is 2.55. The van der Waals surface area contributed by atoms with Gasteiger partial charge in [-0.25, -0.2) is 0 Å². The maximum Gasteiger partial charge on any atom is 0.307 e. The number of hydrogen-bond acceptors (Lipinski definition) is 3. The smallest absolute Gasteiger partial charge is 0.307 e. The number of hydrogen-bond donors (Lipinski definition) is 1. The Morgan fingerprint density at radius 2 is 2.00 bits per heavy atom. The van der Waals surface area contributed by atoms with Gasteiger partial charge in [0.25, 0.3) is 0 Å². The number of rotatable bonds is 5. The van der Waals surface area contributed by atoms with Crippen molar-refractivity contribution in [1.82, 2.24) is 9.80 Å². The third-order valence-corrected chi connectivity index (χ3v) is 3.95. The van der Waals surface area contributed by atoms with Gasteiger partial charge in [0, 0.05) is 20.1 Å². The summed E-state index contributed by atoms with van der Waals surface area (Å²) in [7, 11) is 1.78. The molecule has 1 aromatic rings. The van der Waals surface area contributed by atoms with Crippen molar-refractivity contribution in [1.29, 1.82) is 0 Å². The molecule has 1 unspecified atom stereocenters. The first-order valence-corrected chi connectivity index (χ1v) is 7.20. The third kappa shape index (κ3) is 4.29. The molecule has 0 aliphatic carbocycles. The highest BCUT2D eigenvalue weighted by Gasteiger charge is 2.29. The van der Waals surface area contributed by atoms with Gasteiger partial charge in [-0.05, 0) is 25.5 Å². The summed E-state index contributed by atoms with van der Waals surface area (Å²) in [6.07, 6.45) is 0.629. The van der Waals surface area contributed by atoms with Crippen LogP contribution in [0, 0.1) is 12.8 Å². The van der Waals surface area contributed by atoms with Gasteiger partial charge >= 0.3 is 5.97 Å². The molecule has 0 radical (unpaired) electrons. The van der Waals surface area contributed by atoms with Gasteiger partial charge in [-0.3, -0.25) is 14.5 Å². The van der Waals surface area contributed by atoms with Crippen LogP contribution < -0.4 is 0 Å². The number of benzene rings is 1. The second-order valence-corrected chi connectivity index (χ2v) is 5.79. The Bertz CT molecular complexity index is 513. The van der Waals surface area contributed by atoms with Crippen molar-refractivity contribution in [2.75, 3.05) is 26.7 Å². The second-order valence-electron chi connectivity index (χ2n) is 5.79. The lowest BCUT2D eigenvalue weighted by Gasteiger charge is -2.21. The number of carbonyl (C=O) groups excluding carboxylic acids is 1. The van der Waals surface area contributed by atoms with E-state index in [1.165, 1.54) is 5.56 Å². The standard InChI is InChI=1S/C16H22N2O3/c1-12-3-5-13(6-4-12)9-17(2)15(19)11-18-8-7-14(10-18)16(20)21/h3-6,14H,7-11H2,1-2H3,(H,20,21). The fourth-order valence-corrected chi connectivity index (χ4v) is 2.55. The average molecular weight is 290 g/mol. The summed E-state index contributed by atoms with van der Waals surface area (Å²) in [6.45, 7) is 4.06. The van der Waals surface area contributed by atoms with Gasteiger partial charge in [0.05, 0.1) is 12.5 Å². The van der Waals surface area contributed by atoms with Gasteiger partial charge in [0.2, 0.25) is 5.91 Å². The number of likely N-dealkylation sites (tertiary alicyclic amines) is 1. The number of carboxylic acid groups (broad SMARTS) is 1. The number of carboxylic acids is 1. The topological polar surface area (TPSA) is 60.9 Å². The van der Waals surface area contributed by atoms with Crippen molar-refractivity contribution in [3.05, 3.63) is 35.4 Å². The first kappa shape index (κ1) is 15.5. The van der Waals surface area contributed by atoms with Crippen molar-refractivity contribution in [2.45, 2.75) is 19.9 Å². The maximum absolute atomic E-state index is 12.2. The number of aliphatic carboxylic acids is 1. The van der Waals surface area contributed by atoms with Crippen molar-refractivity contribution in [3.8, 4) is 0 Å². The quantitative estimate of drug-likeness (QED) is 0.889. The van der Waals surface area contributed by atoms with E-state index in [0.29, 0.717) is 32.6 Å². The molecule has 1 amide bonds. The lowest BCUT2D eigenvalue weighted by atomic mass is 10.1. The van der Waals surface area contributed by atoms with E-state index in [2.05, 4.69) is 0 Å². The number of nitrogens with zero attached hydrogens (tertiary/aromatic N) is 2. The van der Waals surface area contributed by atoms with Crippen LogP contribution in [0.5, 0.6) is 0 Å². The molecule has 0 spiro atoms. The number of carbonyl (C=O) groups is 2. The van der Waals surface area contributed by atoms with E-state index in [9.17, 15) is 9.59 Å². The molecule has 0 saturated carbocycles. The zero-order valence-electron chi connectivity index (χ0n) is 12.6. The third-order valence-electron chi connectivity index (χ3n) is 3.95. The Balaban J connectivity index is 1.83. The lowest BCUT2D eigenvalue weighted by molar-refractivity contribution is -0.141. The Labute approximate surface area is 125 Å². The van der Waals surface area contributed by atoms with E-state index in [1.807, 2.05) is 36.1 Å². The summed E-state index contributed by atoms with van der Waals surface area (Å²) in [4.78, 5) is 26.7. The lowest BCUT2D eigenvalue weighted by Crippen LogP contribution is -2.37. The summed E-state index contributed by atoms with van der Waals surface area (Å²) < 4.78 is 0. The minimum absolute atomic E-state index is 0.0293. The normalized spacial score (nSPS) is 18.7. The molecular formula is C16H22N2O3. The molecule has 1 heterocycles. The van der Waals surface area contributed by atoms with E-state index in [1.54, 1.807) is 11.9 Å². The van der Waals surface area contributed by atoms with Crippen LogP contribution in [0.3, 0.4) is 0 Å². The molecule has 2 rings (SSSR count). The zero-order chi connectivity index (χ0) is 15.4. The first-order chi connectivity index (χ1) is 9.95. The number of likely N-dealkylation sites (N-methyl/N-ethyl adjacent to an activating group) is 1. The molecule has 21 heavy (non-hydrogen) atoms. The van der Waals surface area contributed by atoms with E-state index in [4.69, 9.17) is 5.11 Å². The highest BCUT2D eigenvalue weighted by atomic mass is 16.4. The van der Waals surface area contributed by atoms with E-state index in [0.717, 1.165) is 5.56 Å². The Morgan fingerprint density at radius 3 is 2.57 bits per heavy atom. The van der Waals surface area contributed by atoms with Crippen molar-refractivity contribution in [2.24, 2.45) is 5.92 Å². The van der Waals surface area contributed by atoms with E-state index >= 15 is 0 Å². The van der Waals surface area contributed by atoms with Gasteiger partial charge in [-0.2, -0.15) is 0 Å². The van der Waals surface area contributed by atoms with Crippen LogP contribution in [0.25, 0.3) is 0 Å². The molecule has 0 aromatic heterocycles. The largest absolute Gasteiger partial charge is 0.481 e. The van der Waals surface area contributed by atoms with Gasteiger partial charge < -0.3 is 10.0 Å². The summed E-state index contributed by atoms with van der Waals surface area (Å²) in [5.74, 6) is -1.07.